The van der Waals surface area contributed by atoms with Crippen molar-refractivity contribution in [2.75, 3.05) is 5.32 Å². The van der Waals surface area contributed by atoms with Crippen LogP contribution in [0.1, 0.15) is 10.6 Å². The molecule has 4 nitrogen and oxygen atoms in total. The highest BCUT2D eigenvalue weighted by Crippen LogP contribution is 2.19. The van der Waals surface area contributed by atoms with E-state index in [0.29, 0.717) is 16.6 Å². The summed E-state index contributed by atoms with van der Waals surface area (Å²) in [5.74, 6) is 0.270. The molecule has 2 aromatic heterocycles. The van der Waals surface area contributed by atoms with Gasteiger partial charge in [0.05, 0.1) is 0 Å². The zero-order chi connectivity index (χ0) is 13.2. The number of amides is 1. The summed E-state index contributed by atoms with van der Waals surface area (Å²) in [6, 6.07) is 14.1. The summed E-state index contributed by atoms with van der Waals surface area (Å²) in [7, 11) is 0. The number of pyridine rings is 1. The van der Waals surface area contributed by atoms with Gasteiger partial charge in [-0.15, -0.1) is 0 Å². The number of carbonyl (C=O) groups is 1. The predicted octanol–water partition coefficient (Wildman–Crippen LogP) is 3.73. The van der Waals surface area contributed by atoms with Crippen molar-refractivity contribution in [2.45, 2.75) is 0 Å². The minimum Gasteiger partial charge on any atom is -0.451 e. The lowest BCUT2D eigenvalue weighted by atomic mass is 10.2. The zero-order valence-corrected chi connectivity index (χ0v) is 10.5. The Labute approximate surface area is 114 Å². The van der Waals surface area contributed by atoms with Crippen LogP contribution in [0.25, 0.3) is 11.0 Å². The molecule has 0 aliphatic rings. The Morgan fingerprint density at radius 1 is 1.16 bits per heavy atom. The van der Waals surface area contributed by atoms with E-state index in [1.54, 1.807) is 24.3 Å². The molecule has 1 aromatic carbocycles. The molecule has 0 saturated carbocycles. The maximum absolute atomic E-state index is 12.0. The van der Waals surface area contributed by atoms with Crippen molar-refractivity contribution in [3.8, 4) is 0 Å². The molecule has 0 aliphatic carbocycles. The highest BCUT2D eigenvalue weighted by atomic mass is 35.5. The van der Waals surface area contributed by atoms with Gasteiger partial charge in [0.2, 0.25) is 0 Å². The molecule has 0 spiro atoms. The molecule has 1 N–H and O–H groups in total. The SMILES string of the molecule is O=C(Nc1cccc(Cl)n1)c1cc2ccccc2o1. The third-order valence-electron chi connectivity index (χ3n) is 2.61. The number of rotatable bonds is 2. The van der Waals surface area contributed by atoms with E-state index < -0.39 is 0 Å². The maximum atomic E-state index is 12.0. The largest absolute Gasteiger partial charge is 0.451 e. The molecule has 2 heterocycles. The molecule has 0 bridgehead atoms. The van der Waals surface area contributed by atoms with Gasteiger partial charge < -0.3 is 9.73 Å². The molecule has 3 rings (SSSR count). The standard InChI is InChI=1S/C14H9ClN2O2/c15-12-6-3-7-13(16-12)17-14(18)11-8-9-4-1-2-5-10(9)19-11/h1-8H,(H,16,17,18). The van der Waals surface area contributed by atoms with E-state index >= 15 is 0 Å². The molecule has 0 unspecified atom stereocenters. The fraction of sp³-hybridized carbons (Fsp3) is 0. The lowest BCUT2D eigenvalue weighted by Gasteiger charge is -2.01. The van der Waals surface area contributed by atoms with Gasteiger partial charge in [0, 0.05) is 5.39 Å². The summed E-state index contributed by atoms with van der Waals surface area (Å²) in [5.41, 5.74) is 0.673. The second kappa shape index (κ2) is 4.74. The lowest BCUT2D eigenvalue weighted by molar-refractivity contribution is 0.0998. The van der Waals surface area contributed by atoms with Gasteiger partial charge in [0.15, 0.2) is 5.76 Å². The Kier molecular flexibility index (Phi) is 2.93. The van der Waals surface area contributed by atoms with E-state index in [9.17, 15) is 4.79 Å². The molecule has 0 radical (unpaired) electrons. The molecule has 94 valence electrons. The Hall–Kier alpha value is -2.33. The number of fused-ring (bicyclic) bond motifs is 1. The van der Waals surface area contributed by atoms with Crippen LogP contribution >= 0.6 is 11.6 Å². The van der Waals surface area contributed by atoms with Crippen LogP contribution < -0.4 is 5.32 Å². The fourth-order valence-electron chi connectivity index (χ4n) is 1.75. The van der Waals surface area contributed by atoms with Crippen molar-refractivity contribution in [2.24, 2.45) is 0 Å². The molecule has 1 amide bonds. The molecule has 5 heteroatoms. The van der Waals surface area contributed by atoms with Crippen molar-refractivity contribution in [3.05, 3.63) is 59.4 Å². The highest BCUT2D eigenvalue weighted by molar-refractivity contribution is 6.29. The van der Waals surface area contributed by atoms with Crippen LogP contribution in [0.2, 0.25) is 5.15 Å². The van der Waals surface area contributed by atoms with E-state index in [0.717, 1.165) is 5.39 Å². The number of halogens is 1. The second-order valence-electron chi connectivity index (χ2n) is 3.95. The van der Waals surface area contributed by atoms with E-state index in [4.69, 9.17) is 16.0 Å². The first-order valence-electron chi connectivity index (χ1n) is 5.65. The Balaban J connectivity index is 1.87. The zero-order valence-electron chi connectivity index (χ0n) is 9.76. The molecular weight excluding hydrogens is 264 g/mol. The van der Waals surface area contributed by atoms with Crippen LogP contribution in [0.3, 0.4) is 0 Å². The number of para-hydroxylation sites is 1. The summed E-state index contributed by atoms with van der Waals surface area (Å²) in [6.45, 7) is 0. The van der Waals surface area contributed by atoms with Crippen LogP contribution in [0.4, 0.5) is 5.82 Å². The molecule has 3 aromatic rings. The number of hydrogen-bond acceptors (Lipinski definition) is 3. The molecule has 0 aliphatic heterocycles. The minimum absolute atomic E-state index is 0.239. The predicted molar refractivity (Wildman–Crippen MR) is 73.4 cm³/mol. The van der Waals surface area contributed by atoms with E-state index in [2.05, 4.69) is 10.3 Å². The first kappa shape index (κ1) is 11.7. The average molecular weight is 273 g/mol. The van der Waals surface area contributed by atoms with Crippen LogP contribution in [0.5, 0.6) is 0 Å². The number of aromatic nitrogens is 1. The van der Waals surface area contributed by atoms with E-state index in [1.807, 2.05) is 24.3 Å². The van der Waals surface area contributed by atoms with Gasteiger partial charge >= 0.3 is 0 Å². The Morgan fingerprint density at radius 3 is 2.79 bits per heavy atom. The summed E-state index contributed by atoms with van der Waals surface area (Å²) in [4.78, 5) is 16.0. The van der Waals surface area contributed by atoms with Gasteiger partial charge in [0.1, 0.15) is 16.6 Å². The monoisotopic (exact) mass is 272 g/mol. The number of hydrogen-bond donors (Lipinski definition) is 1. The van der Waals surface area contributed by atoms with E-state index in [1.165, 1.54) is 0 Å². The number of furan rings is 1. The van der Waals surface area contributed by atoms with Crippen molar-refractivity contribution in [1.29, 1.82) is 0 Å². The van der Waals surface area contributed by atoms with Gasteiger partial charge in [-0.25, -0.2) is 4.98 Å². The van der Waals surface area contributed by atoms with Crippen LogP contribution in [0, 0.1) is 0 Å². The summed E-state index contributed by atoms with van der Waals surface area (Å²) in [6.07, 6.45) is 0. The lowest BCUT2D eigenvalue weighted by Crippen LogP contribution is -2.11. The summed E-state index contributed by atoms with van der Waals surface area (Å²) < 4.78 is 5.46. The third kappa shape index (κ3) is 2.44. The Morgan fingerprint density at radius 2 is 2.00 bits per heavy atom. The van der Waals surface area contributed by atoms with Crippen molar-refractivity contribution in [1.82, 2.24) is 4.98 Å². The highest BCUT2D eigenvalue weighted by Gasteiger charge is 2.12. The van der Waals surface area contributed by atoms with Gasteiger partial charge in [0.25, 0.3) is 5.91 Å². The Bertz CT molecular complexity index is 719. The number of anilines is 1. The topological polar surface area (TPSA) is 55.1 Å². The normalized spacial score (nSPS) is 10.6. The number of nitrogens with one attached hydrogen (secondary N) is 1. The van der Waals surface area contributed by atoms with Crippen LogP contribution in [0.15, 0.2) is 52.9 Å². The van der Waals surface area contributed by atoms with Gasteiger partial charge in [-0.3, -0.25) is 4.79 Å². The van der Waals surface area contributed by atoms with Crippen LogP contribution in [-0.2, 0) is 0 Å². The summed E-state index contributed by atoms with van der Waals surface area (Å²) in [5, 5.41) is 3.83. The van der Waals surface area contributed by atoms with Crippen molar-refractivity contribution >= 4 is 34.3 Å². The smallest absolute Gasteiger partial charge is 0.292 e. The molecule has 0 fully saturated rings. The van der Waals surface area contributed by atoms with E-state index in [-0.39, 0.29) is 11.7 Å². The average Bonchev–Trinajstić information content (AvgIpc) is 2.82. The molecule has 0 saturated heterocycles. The molecular formula is C14H9ClN2O2. The quantitative estimate of drug-likeness (QED) is 0.723. The van der Waals surface area contributed by atoms with Crippen molar-refractivity contribution in [3.63, 3.8) is 0 Å². The van der Waals surface area contributed by atoms with Gasteiger partial charge in [-0.1, -0.05) is 35.9 Å². The molecule has 19 heavy (non-hydrogen) atoms. The first-order valence-corrected chi connectivity index (χ1v) is 6.03. The number of carbonyl (C=O) groups excluding carboxylic acids is 1. The maximum Gasteiger partial charge on any atom is 0.292 e. The fourth-order valence-corrected chi connectivity index (χ4v) is 1.91. The minimum atomic E-state index is -0.356. The van der Waals surface area contributed by atoms with Crippen LogP contribution in [-0.4, -0.2) is 10.9 Å². The van der Waals surface area contributed by atoms with Gasteiger partial charge in [-0.2, -0.15) is 0 Å². The second-order valence-corrected chi connectivity index (χ2v) is 4.34. The third-order valence-corrected chi connectivity index (χ3v) is 2.82. The summed E-state index contributed by atoms with van der Waals surface area (Å²) >= 11 is 5.75. The number of nitrogens with zero attached hydrogens (tertiary/aromatic N) is 1. The van der Waals surface area contributed by atoms with Crippen molar-refractivity contribution < 1.29 is 9.21 Å². The molecule has 0 atom stereocenters. The number of benzene rings is 1. The van der Waals surface area contributed by atoms with Gasteiger partial charge in [-0.05, 0) is 24.3 Å². The first-order chi connectivity index (χ1) is 9.22.